The second-order valence-corrected chi connectivity index (χ2v) is 7.39. The van der Waals surface area contributed by atoms with Gasteiger partial charge in [0.15, 0.2) is 0 Å². The first-order valence-electron chi connectivity index (χ1n) is 9.68. The molecule has 0 unspecified atom stereocenters. The van der Waals surface area contributed by atoms with Crippen LogP contribution in [0.1, 0.15) is 39.0 Å². The van der Waals surface area contributed by atoms with Gasteiger partial charge in [-0.25, -0.2) is 4.98 Å². The van der Waals surface area contributed by atoms with E-state index in [2.05, 4.69) is 10.3 Å². The van der Waals surface area contributed by atoms with Gasteiger partial charge < -0.3 is 5.32 Å². The van der Waals surface area contributed by atoms with Crippen molar-refractivity contribution < 1.29 is 9.59 Å². The van der Waals surface area contributed by atoms with E-state index in [4.69, 9.17) is 11.6 Å². The molecule has 0 atom stereocenters. The molecule has 0 aliphatic rings. The van der Waals surface area contributed by atoms with Crippen molar-refractivity contribution in [3.05, 3.63) is 94.4 Å². The molecule has 30 heavy (non-hydrogen) atoms. The van der Waals surface area contributed by atoms with Crippen molar-refractivity contribution >= 4 is 29.4 Å². The molecule has 1 amide bonds. The van der Waals surface area contributed by atoms with E-state index in [0.29, 0.717) is 34.9 Å². The number of halogens is 1. The van der Waals surface area contributed by atoms with Crippen molar-refractivity contribution in [2.45, 2.75) is 19.9 Å². The molecule has 2 aromatic heterocycles. The number of fused-ring (bicyclic) bond motifs is 1. The molecule has 4 aromatic rings. The number of amides is 1. The number of nitrogens with zero attached hydrogens (tertiary/aromatic N) is 2. The van der Waals surface area contributed by atoms with E-state index >= 15 is 0 Å². The van der Waals surface area contributed by atoms with Crippen molar-refractivity contribution in [2.24, 2.45) is 0 Å². The number of carbonyl (C=O) groups excluding carboxylic acids is 2. The third kappa shape index (κ3) is 3.98. The minimum absolute atomic E-state index is 0.171. The number of hydrogen-bond donors (Lipinski definition) is 1. The van der Waals surface area contributed by atoms with Gasteiger partial charge in [0.05, 0.1) is 5.69 Å². The summed E-state index contributed by atoms with van der Waals surface area (Å²) in [5.74, 6) is -0.171. The van der Waals surface area contributed by atoms with E-state index in [9.17, 15) is 9.59 Å². The average molecular weight is 418 g/mol. The van der Waals surface area contributed by atoms with Crippen molar-refractivity contribution in [3.8, 4) is 11.1 Å². The summed E-state index contributed by atoms with van der Waals surface area (Å²) in [6.45, 7) is 2.38. The van der Waals surface area contributed by atoms with Crippen LogP contribution in [0, 0.1) is 0 Å². The van der Waals surface area contributed by atoms with Gasteiger partial charge in [-0.15, -0.1) is 0 Å². The van der Waals surface area contributed by atoms with E-state index < -0.39 is 0 Å². The molecule has 0 bridgehead atoms. The Balaban J connectivity index is 1.49. The molecule has 150 valence electrons. The molecular weight excluding hydrogens is 398 g/mol. The predicted octanol–water partition coefficient (Wildman–Crippen LogP) is 4.96. The number of benzene rings is 2. The standard InChI is InChI=1S/C24H20ClN3O2/c1-2-21-23(28-12-11-20(25)13-22(28)27-21)24(30)26-14-16-3-7-18(8-4-16)19-9-5-17(15-29)6-10-19/h3-13,15H,2,14H2,1H3,(H,26,30). The zero-order valence-electron chi connectivity index (χ0n) is 16.4. The van der Waals surface area contributed by atoms with E-state index in [1.807, 2.05) is 43.3 Å². The maximum atomic E-state index is 12.9. The normalized spacial score (nSPS) is 10.9. The molecule has 0 aliphatic heterocycles. The highest BCUT2D eigenvalue weighted by atomic mass is 35.5. The summed E-state index contributed by atoms with van der Waals surface area (Å²) in [6.07, 6.45) is 3.25. The number of aryl methyl sites for hydroxylation is 1. The zero-order valence-corrected chi connectivity index (χ0v) is 17.2. The minimum atomic E-state index is -0.171. The summed E-state index contributed by atoms with van der Waals surface area (Å²) in [7, 11) is 0. The van der Waals surface area contributed by atoms with Crippen molar-refractivity contribution in [1.82, 2.24) is 14.7 Å². The van der Waals surface area contributed by atoms with Gasteiger partial charge in [0.25, 0.3) is 5.91 Å². The lowest BCUT2D eigenvalue weighted by molar-refractivity contribution is 0.0943. The van der Waals surface area contributed by atoms with Crippen LogP contribution < -0.4 is 5.32 Å². The number of pyridine rings is 1. The third-order valence-corrected chi connectivity index (χ3v) is 5.23. The van der Waals surface area contributed by atoms with E-state index in [0.717, 1.165) is 28.7 Å². The van der Waals surface area contributed by atoms with Crippen LogP contribution in [0.3, 0.4) is 0 Å². The van der Waals surface area contributed by atoms with Gasteiger partial charge in [0.2, 0.25) is 0 Å². The van der Waals surface area contributed by atoms with Crippen LogP contribution in [0.5, 0.6) is 0 Å². The Hall–Kier alpha value is -3.44. The zero-order chi connectivity index (χ0) is 21.1. The lowest BCUT2D eigenvalue weighted by atomic mass is 10.0. The highest BCUT2D eigenvalue weighted by molar-refractivity contribution is 6.30. The monoisotopic (exact) mass is 417 g/mol. The molecule has 0 spiro atoms. The van der Waals surface area contributed by atoms with Gasteiger partial charge in [-0.1, -0.05) is 67.1 Å². The molecule has 2 aromatic carbocycles. The molecule has 1 N–H and O–H groups in total. The summed E-state index contributed by atoms with van der Waals surface area (Å²) in [5, 5.41) is 3.57. The van der Waals surface area contributed by atoms with Crippen LogP contribution in [-0.2, 0) is 13.0 Å². The van der Waals surface area contributed by atoms with Crippen LogP contribution >= 0.6 is 11.6 Å². The van der Waals surface area contributed by atoms with E-state index in [1.165, 1.54) is 0 Å². The number of aromatic nitrogens is 2. The lowest BCUT2D eigenvalue weighted by Gasteiger charge is -2.08. The Labute approximate surface area is 179 Å². The van der Waals surface area contributed by atoms with Crippen molar-refractivity contribution in [3.63, 3.8) is 0 Å². The first kappa shape index (κ1) is 19.9. The SMILES string of the molecule is CCc1nc2cc(Cl)ccn2c1C(=O)NCc1ccc(-c2ccc(C=O)cc2)cc1. The van der Waals surface area contributed by atoms with Gasteiger partial charge in [0.1, 0.15) is 17.6 Å². The predicted molar refractivity (Wildman–Crippen MR) is 118 cm³/mol. The number of rotatable bonds is 6. The Morgan fingerprint density at radius 3 is 2.37 bits per heavy atom. The largest absolute Gasteiger partial charge is 0.347 e. The summed E-state index contributed by atoms with van der Waals surface area (Å²) in [5.41, 5.74) is 5.67. The smallest absolute Gasteiger partial charge is 0.270 e. The number of carbonyl (C=O) groups is 2. The summed E-state index contributed by atoms with van der Waals surface area (Å²) in [4.78, 5) is 28.2. The van der Waals surface area contributed by atoms with Crippen LogP contribution in [0.15, 0.2) is 66.9 Å². The maximum absolute atomic E-state index is 12.9. The quantitative estimate of drug-likeness (QED) is 0.451. The van der Waals surface area contributed by atoms with E-state index in [1.54, 1.807) is 34.9 Å². The Kier molecular flexibility index (Phi) is 5.63. The molecule has 0 saturated heterocycles. The molecule has 0 radical (unpaired) electrons. The Bertz CT molecular complexity index is 1210. The molecule has 0 aliphatic carbocycles. The highest BCUT2D eigenvalue weighted by Gasteiger charge is 2.18. The van der Waals surface area contributed by atoms with Gasteiger partial charge in [-0.05, 0) is 29.2 Å². The highest BCUT2D eigenvalue weighted by Crippen LogP contribution is 2.21. The van der Waals surface area contributed by atoms with Gasteiger partial charge in [0, 0.05) is 29.4 Å². The molecule has 5 nitrogen and oxygen atoms in total. The van der Waals surface area contributed by atoms with Crippen LogP contribution in [0.4, 0.5) is 0 Å². The number of hydrogen-bond acceptors (Lipinski definition) is 3. The number of nitrogens with one attached hydrogen (secondary N) is 1. The topological polar surface area (TPSA) is 63.5 Å². The summed E-state index contributed by atoms with van der Waals surface area (Å²) >= 11 is 6.05. The van der Waals surface area contributed by atoms with Gasteiger partial charge in [-0.3, -0.25) is 14.0 Å². The lowest BCUT2D eigenvalue weighted by Crippen LogP contribution is -2.25. The Morgan fingerprint density at radius 1 is 1.07 bits per heavy atom. The second-order valence-electron chi connectivity index (χ2n) is 6.95. The number of aldehydes is 1. The maximum Gasteiger partial charge on any atom is 0.270 e. The first-order valence-corrected chi connectivity index (χ1v) is 10.1. The fourth-order valence-corrected chi connectivity index (χ4v) is 3.54. The van der Waals surface area contributed by atoms with Crippen molar-refractivity contribution in [1.29, 1.82) is 0 Å². The fourth-order valence-electron chi connectivity index (χ4n) is 3.39. The third-order valence-electron chi connectivity index (χ3n) is 5.00. The molecule has 4 rings (SSSR count). The molecular formula is C24H20ClN3O2. The summed E-state index contributed by atoms with van der Waals surface area (Å²) < 4.78 is 1.77. The fraction of sp³-hybridized carbons (Fsp3) is 0.125. The second kappa shape index (κ2) is 8.51. The van der Waals surface area contributed by atoms with Gasteiger partial charge >= 0.3 is 0 Å². The molecule has 2 heterocycles. The number of imidazole rings is 1. The van der Waals surface area contributed by atoms with Crippen LogP contribution in [0.25, 0.3) is 16.8 Å². The summed E-state index contributed by atoms with van der Waals surface area (Å²) in [6, 6.07) is 18.9. The van der Waals surface area contributed by atoms with Gasteiger partial charge in [-0.2, -0.15) is 0 Å². The molecule has 0 fully saturated rings. The minimum Gasteiger partial charge on any atom is -0.347 e. The molecule has 6 heteroatoms. The van der Waals surface area contributed by atoms with E-state index in [-0.39, 0.29) is 5.91 Å². The first-order chi connectivity index (χ1) is 14.6. The van der Waals surface area contributed by atoms with Crippen LogP contribution in [0.2, 0.25) is 5.02 Å². The molecule has 0 saturated carbocycles. The van der Waals surface area contributed by atoms with Crippen molar-refractivity contribution in [2.75, 3.05) is 0 Å². The van der Waals surface area contributed by atoms with Crippen LogP contribution in [-0.4, -0.2) is 21.6 Å². The Morgan fingerprint density at radius 2 is 1.73 bits per heavy atom. The average Bonchev–Trinajstić information content (AvgIpc) is 3.15.